The maximum absolute atomic E-state index is 10.3. The number of hydrogen-bond acceptors (Lipinski definition) is 2. The zero-order valence-electron chi connectivity index (χ0n) is 7.92. The van der Waals surface area contributed by atoms with Gasteiger partial charge in [0.2, 0.25) is 5.91 Å². The van der Waals surface area contributed by atoms with E-state index in [9.17, 15) is 4.79 Å². The van der Waals surface area contributed by atoms with Crippen molar-refractivity contribution in [3.05, 3.63) is 12.2 Å². The lowest BCUT2D eigenvalue weighted by molar-refractivity contribution is -0.113. The molecule has 70 valence electrons. The van der Waals surface area contributed by atoms with E-state index in [1.165, 1.54) is 6.08 Å². The zero-order valence-corrected chi connectivity index (χ0v) is 7.92. The van der Waals surface area contributed by atoms with Crippen LogP contribution in [0.25, 0.3) is 0 Å². The van der Waals surface area contributed by atoms with Crippen LogP contribution in [0.2, 0.25) is 0 Å². The molecule has 0 unspecified atom stereocenters. The minimum absolute atomic E-state index is 0.366. The van der Waals surface area contributed by atoms with E-state index in [1.807, 2.05) is 6.08 Å². The Morgan fingerprint density at radius 3 is 2.42 bits per heavy atom. The fourth-order valence-electron chi connectivity index (χ4n) is 0.996. The molecule has 0 bridgehead atoms. The number of hydrogen-bond donors (Lipinski definition) is 1. The minimum Gasteiger partial charge on any atom is -0.366 e. The third-order valence-electron chi connectivity index (χ3n) is 1.79. The van der Waals surface area contributed by atoms with Crippen LogP contribution in [0.4, 0.5) is 0 Å². The van der Waals surface area contributed by atoms with Gasteiger partial charge in [0.15, 0.2) is 0 Å². The van der Waals surface area contributed by atoms with Crippen molar-refractivity contribution in [2.24, 2.45) is 5.73 Å². The predicted octanol–water partition coefficient (Wildman–Crippen LogP) is 0.760. The molecule has 0 aliphatic rings. The highest BCUT2D eigenvalue weighted by Crippen LogP contribution is 1.91. The van der Waals surface area contributed by atoms with Gasteiger partial charge in [0.25, 0.3) is 0 Å². The van der Waals surface area contributed by atoms with E-state index >= 15 is 0 Å². The van der Waals surface area contributed by atoms with E-state index in [0.717, 1.165) is 26.1 Å². The summed E-state index contributed by atoms with van der Waals surface area (Å²) < 4.78 is 0. The molecule has 0 fully saturated rings. The Morgan fingerprint density at radius 1 is 1.42 bits per heavy atom. The summed E-state index contributed by atoms with van der Waals surface area (Å²) in [5, 5.41) is 0. The first-order valence-electron chi connectivity index (χ1n) is 4.39. The first-order chi connectivity index (χ1) is 5.70. The number of rotatable bonds is 6. The van der Waals surface area contributed by atoms with Crippen molar-refractivity contribution in [1.82, 2.24) is 4.90 Å². The van der Waals surface area contributed by atoms with Crippen LogP contribution in [0.1, 0.15) is 20.3 Å². The number of carbonyl (C=O) groups is 1. The molecule has 0 saturated heterocycles. The molecule has 1 amide bonds. The van der Waals surface area contributed by atoms with Gasteiger partial charge in [-0.15, -0.1) is 0 Å². The largest absolute Gasteiger partial charge is 0.366 e. The third-order valence-corrected chi connectivity index (χ3v) is 1.79. The van der Waals surface area contributed by atoms with Crippen LogP contribution in [-0.2, 0) is 4.79 Å². The van der Waals surface area contributed by atoms with Crippen LogP contribution in [0.3, 0.4) is 0 Å². The molecule has 0 atom stereocenters. The normalized spacial score (nSPS) is 11.2. The van der Waals surface area contributed by atoms with Crippen LogP contribution in [0.5, 0.6) is 0 Å². The first kappa shape index (κ1) is 11.2. The van der Waals surface area contributed by atoms with Gasteiger partial charge in [-0.2, -0.15) is 0 Å². The second-order valence-electron chi connectivity index (χ2n) is 2.62. The molecule has 0 saturated carbocycles. The summed E-state index contributed by atoms with van der Waals surface area (Å²) in [5.74, 6) is -0.366. The predicted molar refractivity (Wildman–Crippen MR) is 50.7 cm³/mol. The average Bonchev–Trinajstić information content (AvgIpc) is 2.04. The Hall–Kier alpha value is -0.830. The molecule has 3 heteroatoms. The summed E-state index contributed by atoms with van der Waals surface area (Å²) in [7, 11) is 0. The summed E-state index contributed by atoms with van der Waals surface area (Å²) in [6.07, 6.45) is 4.13. The van der Waals surface area contributed by atoms with Gasteiger partial charge in [-0.25, -0.2) is 0 Å². The van der Waals surface area contributed by atoms with Crippen molar-refractivity contribution in [3.8, 4) is 0 Å². The van der Waals surface area contributed by atoms with E-state index in [-0.39, 0.29) is 5.91 Å². The standard InChI is InChI=1S/C9H18N2O/c1-3-11(4-2)8-6-5-7-9(10)12/h5,7H,3-4,6,8H2,1-2H3,(H2,10,12). The summed E-state index contributed by atoms with van der Waals surface area (Å²) in [6.45, 7) is 7.36. The Labute approximate surface area is 74.2 Å². The molecule has 0 aliphatic carbocycles. The minimum atomic E-state index is -0.366. The van der Waals surface area contributed by atoms with Gasteiger partial charge < -0.3 is 10.6 Å². The molecule has 12 heavy (non-hydrogen) atoms. The van der Waals surface area contributed by atoms with Gasteiger partial charge >= 0.3 is 0 Å². The molecule has 3 nitrogen and oxygen atoms in total. The highest BCUT2D eigenvalue weighted by molar-refractivity contribution is 5.85. The van der Waals surface area contributed by atoms with E-state index in [0.29, 0.717) is 0 Å². The number of nitrogens with two attached hydrogens (primary N) is 1. The summed E-state index contributed by atoms with van der Waals surface area (Å²) in [5.41, 5.74) is 4.93. The first-order valence-corrected chi connectivity index (χ1v) is 4.39. The van der Waals surface area contributed by atoms with E-state index in [2.05, 4.69) is 18.7 Å². The van der Waals surface area contributed by atoms with Crippen LogP contribution in [0.15, 0.2) is 12.2 Å². The summed E-state index contributed by atoms with van der Waals surface area (Å²) in [4.78, 5) is 12.6. The molecule has 0 aromatic carbocycles. The van der Waals surface area contributed by atoms with Crippen molar-refractivity contribution >= 4 is 5.91 Å². The molecule has 2 N–H and O–H groups in total. The lowest BCUT2D eigenvalue weighted by Crippen LogP contribution is -2.23. The topological polar surface area (TPSA) is 46.3 Å². The molecule has 0 aliphatic heterocycles. The van der Waals surface area contributed by atoms with Crippen LogP contribution >= 0.6 is 0 Å². The van der Waals surface area contributed by atoms with Gasteiger partial charge in [0.1, 0.15) is 0 Å². The third kappa shape index (κ3) is 5.92. The van der Waals surface area contributed by atoms with Crippen molar-refractivity contribution in [3.63, 3.8) is 0 Å². The molecular weight excluding hydrogens is 152 g/mol. The summed E-state index contributed by atoms with van der Waals surface area (Å²) in [6, 6.07) is 0. The number of amides is 1. The number of primary amides is 1. The van der Waals surface area contributed by atoms with Gasteiger partial charge in [0, 0.05) is 6.54 Å². The maximum Gasteiger partial charge on any atom is 0.241 e. The highest BCUT2D eigenvalue weighted by atomic mass is 16.1. The Bertz CT molecular complexity index is 151. The van der Waals surface area contributed by atoms with Gasteiger partial charge in [-0.1, -0.05) is 19.9 Å². The molecule has 0 heterocycles. The molecular formula is C9H18N2O. The van der Waals surface area contributed by atoms with Crippen molar-refractivity contribution in [1.29, 1.82) is 0 Å². The van der Waals surface area contributed by atoms with E-state index < -0.39 is 0 Å². The zero-order chi connectivity index (χ0) is 9.40. The van der Waals surface area contributed by atoms with Gasteiger partial charge in [0.05, 0.1) is 0 Å². The molecule has 0 spiro atoms. The Balaban J connectivity index is 3.47. The molecule has 0 rings (SSSR count). The lowest BCUT2D eigenvalue weighted by atomic mass is 10.3. The van der Waals surface area contributed by atoms with Crippen molar-refractivity contribution in [2.45, 2.75) is 20.3 Å². The Kier molecular flexibility index (Phi) is 6.38. The molecule has 0 radical (unpaired) electrons. The fourth-order valence-corrected chi connectivity index (χ4v) is 0.996. The lowest BCUT2D eigenvalue weighted by Gasteiger charge is -2.15. The van der Waals surface area contributed by atoms with Crippen LogP contribution in [-0.4, -0.2) is 30.4 Å². The van der Waals surface area contributed by atoms with Gasteiger partial charge in [-0.05, 0) is 25.6 Å². The number of nitrogens with zero attached hydrogens (tertiary/aromatic N) is 1. The van der Waals surface area contributed by atoms with Crippen molar-refractivity contribution < 1.29 is 4.79 Å². The van der Waals surface area contributed by atoms with Crippen LogP contribution < -0.4 is 5.73 Å². The smallest absolute Gasteiger partial charge is 0.241 e. The fraction of sp³-hybridized carbons (Fsp3) is 0.667. The second kappa shape index (κ2) is 6.85. The van der Waals surface area contributed by atoms with E-state index in [4.69, 9.17) is 5.73 Å². The maximum atomic E-state index is 10.3. The molecule has 0 aromatic heterocycles. The summed E-state index contributed by atoms with van der Waals surface area (Å²) >= 11 is 0. The average molecular weight is 170 g/mol. The van der Waals surface area contributed by atoms with Gasteiger partial charge in [-0.3, -0.25) is 4.79 Å². The van der Waals surface area contributed by atoms with Crippen LogP contribution in [0, 0.1) is 0 Å². The monoisotopic (exact) mass is 170 g/mol. The highest BCUT2D eigenvalue weighted by Gasteiger charge is 1.95. The quantitative estimate of drug-likeness (QED) is 0.598. The second-order valence-corrected chi connectivity index (χ2v) is 2.62. The van der Waals surface area contributed by atoms with E-state index in [1.54, 1.807) is 0 Å². The Morgan fingerprint density at radius 2 is 2.00 bits per heavy atom. The number of carbonyl (C=O) groups excluding carboxylic acids is 1. The van der Waals surface area contributed by atoms with Crippen molar-refractivity contribution in [2.75, 3.05) is 19.6 Å². The molecule has 0 aromatic rings. The SMILES string of the molecule is CCN(CC)CCC=CC(N)=O.